The summed E-state index contributed by atoms with van der Waals surface area (Å²) in [6.45, 7) is 5.99. The zero-order valence-electron chi connectivity index (χ0n) is 17.9. The standard InChI is InChI=1S/C22H22N8O2/c1-14(2)20-19(12-24-30(20)18-8-4-15(3)5-9-18)22(32)26-25-21(31)16-6-10-17(11-7-16)29-13-23-27-28-29/h4-14H,1-3H3,(H,25,31)(H,26,32). The molecule has 0 radical (unpaired) electrons. The van der Waals surface area contributed by atoms with Crippen LogP contribution in [0.2, 0.25) is 0 Å². The van der Waals surface area contributed by atoms with Gasteiger partial charge in [-0.25, -0.2) is 9.36 Å². The van der Waals surface area contributed by atoms with Gasteiger partial charge in [-0.3, -0.25) is 20.4 Å². The first kappa shape index (κ1) is 20.9. The van der Waals surface area contributed by atoms with Crippen LogP contribution in [0.3, 0.4) is 0 Å². The molecule has 4 rings (SSSR count). The van der Waals surface area contributed by atoms with Gasteiger partial charge in [0.1, 0.15) is 6.33 Å². The second-order valence-electron chi connectivity index (χ2n) is 7.56. The Hall–Kier alpha value is -4.34. The Morgan fingerprint density at radius 3 is 2.19 bits per heavy atom. The highest BCUT2D eigenvalue weighted by Gasteiger charge is 2.21. The van der Waals surface area contributed by atoms with Crippen molar-refractivity contribution in [2.45, 2.75) is 26.7 Å². The number of hydrogen-bond donors (Lipinski definition) is 2. The third kappa shape index (κ3) is 4.24. The summed E-state index contributed by atoms with van der Waals surface area (Å²) >= 11 is 0. The van der Waals surface area contributed by atoms with Gasteiger partial charge in [0.2, 0.25) is 0 Å². The summed E-state index contributed by atoms with van der Waals surface area (Å²) in [6.07, 6.45) is 2.97. The maximum Gasteiger partial charge on any atom is 0.273 e. The summed E-state index contributed by atoms with van der Waals surface area (Å²) in [5, 5.41) is 15.4. The number of hydrogen-bond acceptors (Lipinski definition) is 6. The molecule has 0 saturated heterocycles. The van der Waals surface area contributed by atoms with Crippen molar-refractivity contribution >= 4 is 11.8 Å². The molecule has 32 heavy (non-hydrogen) atoms. The minimum Gasteiger partial charge on any atom is -0.267 e. The highest BCUT2D eigenvalue weighted by Crippen LogP contribution is 2.23. The van der Waals surface area contributed by atoms with Gasteiger partial charge in [-0.15, -0.1) is 5.10 Å². The lowest BCUT2D eigenvalue weighted by atomic mass is 10.1. The number of aromatic nitrogens is 6. The molecule has 0 fully saturated rings. The number of hydrazine groups is 1. The molecular weight excluding hydrogens is 408 g/mol. The van der Waals surface area contributed by atoms with Crippen molar-refractivity contribution in [2.24, 2.45) is 0 Å². The number of aryl methyl sites for hydroxylation is 1. The molecule has 0 spiro atoms. The van der Waals surface area contributed by atoms with Crippen LogP contribution < -0.4 is 10.9 Å². The summed E-state index contributed by atoms with van der Waals surface area (Å²) < 4.78 is 3.22. The highest BCUT2D eigenvalue weighted by molar-refractivity contribution is 5.99. The predicted molar refractivity (Wildman–Crippen MR) is 116 cm³/mol. The average Bonchev–Trinajstić information content (AvgIpc) is 3.48. The van der Waals surface area contributed by atoms with Crippen molar-refractivity contribution < 1.29 is 9.59 Å². The number of amides is 2. The molecule has 2 aromatic heterocycles. The molecule has 0 aliphatic rings. The average molecular weight is 430 g/mol. The van der Waals surface area contributed by atoms with E-state index in [0.717, 1.165) is 16.9 Å². The maximum absolute atomic E-state index is 12.8. The molecule has 0 aliphatic heterocycles. The Kier molecular flexibility index (Phi) is 5.75. The van der Waals surface area contributed by atoms with E-state index in [-0.39, 0.29) is 5.92 Å². The van der Waals surface area contributed by atoms with Crippen molar-refractivity contribution in [3.8, 4) is 11.4 Å². The smallest absolute Gasteiger partial charge is 0.267 e. The molecule has 10 nitrogen and oxygen atoms in total. The molecule has 0 unspecified atom stereocenters. The predicted octanol–water partition coefficient (Wildman–Crippen LogP) is 2.35. The first-order chi connectivity index (χ1) is 15.4. The molecule has 2 N–H and O–H groups in total. The van der Waals surface area contributed by atoms with Gasteiger partial charge >= 0.3 is 0 Å². The minimum atomic E-state index is -0.446. The maximum atomic E-state index is 12.8. The van der Waals surface area contributed by atoms with E-state index in [4.69, 9.17) is 0 Å². The fraction of sp³-hybridized carbons (Fsp3) is 0.182. The van der Waals surface area contributed by atoms with Crippen molar-refractivity contribution in [1.82, 2.24) is 40.8 Å². The van der Waals surface area contributed by atoms with E-state index in [1.165, 1.54) is 17.2 Å². The molecular formula is C22H22N8O2. The van der Waals surface area contributed by atoms with E-state index < -0.39 is 11.8 Å². The second-order valence-corrected chi connectivity index (χ2v) is 7.56. The van der Waals surface area contributed by atoms with Gasteiger partial charge in [-0.1, -0.05) is 31.5 Å². The Balaban J connectivity index is 1.47. The summed E-state index contributed by atoms with van der Waals surface area (Å²) in [6, 6.07) is 14.5. The van der Waals surface area contributed by atoms with Crippen LogP contribution in [0.25, 0.3) is 11.4 Å². The van der Waals surface area contributed by atoms with Gasteiger partial charge in [0.25, 0.3) is 11.8 Å². The monoisotopic (exact) mass is 430 g/mol. The molecule has 0 bridgehead atoms. The molecule has 2 amide bonds. The number of nitrogens with zero attached hydrogens (tertiary/aromatic N) is 6. The Morgan fingerprint density at radius 1 is 0.906 bits per heavy atom. The highest BCUT2D eigenvalue weighted by atomic mass is 16.2. The van der Waals surface area contributed by atoms with Gasteiger partial charge in [0, 0.05) is 5.56 Å². The van der Waals surface area contributed by atoms with Crippen molar-refractivity contribution in [2.75, 3.05) is 0 Å². The topological polar surface area (TPSA) is 120 Å². The van der Waals surface area contributed by atoms with Gasteiger partial charge in [-0.2, -0.15) is 5.10 Å². The van der Waals surface area contributed by atoms with Gasteiger partial charge in [0.15, 0.2) is 0 Å². The molecule has 2 heterocycles. The lowest BCUT2D eigenvalue weighted by molar-refractivity contribution is 0.0846. The fourth-order valence-corrected chi connectivity index (χ4v) is 3.28. The molecule has 0 atom stereocenters. The van der Waals surface area contributed by atoms with E-state index in [2.05, 4.69) is 31.5 Å². The quantitative estimate of drug-likeness (QED) is 0.469. The molecule has 0 aliphatic carbocycles. The van der Waals surface area contributed by atoms with Crippen LogP contribution in [0, 0.1) is 6.92 Å². The van der Waals surface area contributed by atoms with E-state index in [1.807, 2.05) is 45.0 Å². The van der Waals surface area contributed by atoms with Crippen molar-refractivity contribution in [3.05, 3.63) is 83.4 Å². The zero-order valence-corrected chi connectivity index (χ0v) is 17.9. The second kappa shape index (κ2) is 8.80. The Morgan fingerprint density at radius 2 is 1.56 bits per heavy atom. The first-order valence-corrected chi connectivity index (χ1v) is 10.0. The van der Waals surface area contributed by atoms with Crippen LogP contribution in [0.5, 0.6) is 0 Å². The van der Waals surface area contributed by atoms with Crippen molar-refractivity contribution in [1.29, 1.82) is 0 Å². The Bertz CT molecular complexity index is 1230. The number of tetrazole rings is 1. The van der Waals surface area contributed by atoms with Crippen LogP contribution in [0.15, 0.2) is 61.1 Å². The lowest BCUT2D eigenvalue weighted by Gasteiger charge is -2.13. The van der Waals surface area contributed by atoms with Crippen LogP contribution in [0.4, 0.5) is 0 Å². The fourth-order valence-electron chi connectivity index (χ4n) is 3.28. The van der Waals surface area contributed by atoms with Crippen LogP contribution in [-0.2, 0) is 0 Å². The normalized spacial score (nSPS) is 10.9. The molecule has 4 aromatic rings. The van der Waals surface area contributed by atoms with E-state index in [1.54, 1.807) is 28.9 Å². The first-order valence-electron chi connectivity index (χ1n) is 10.0. The number of benzene rings is 2. The summed E-state index contributed by atoms with van der Waals surface area (Å²) in [7, 11) is 0. The largest absolute Gasteiger partial charge is 0.273 e. The number of nitrogens with one attached hydrogen (secondary N) is 2. The molecule has 10 heteroatoms. The number of rotatable bonds is 5. The number of carbonyl (C=O) groups excluding carboxylic acids is 2. The van der Waals surface area contributed by atoms with Crippen LogP contribution in [-0.4, -0.2) is 41.8 Å². The molecule has 0 saturated carbocycles. The van der Waals surface area contributed by atoms with Crippen molar-refractivity contribution in [3.63, 3.8) is 0 Å². The molecule has 162 valence electrons. The third-order valence-electron chi connectivity index (χ3n) is 4.91. The van der Waals surface area contributed by atoms with Gasteiger partial charge < -0.3 is 0 Å². The number of carbonyl (C=O) groups is 2. The summed E-state index contributed by atoms with van der Waals surface area (Å²) in [5.41, 5.74) is 9.17. The summed E-state index contributed by atoms with van der Waals surface area (Å²) in [5.74, 6) is -0.849. The SMILES string of the molecule is Cc1ccc(-n2ncc(C(=O)NNC(=O)c3ccc(-n4cnnn4)cc3)c2C(C)C)cc1. The van der Waals surface area contributed by atoms with Gasteiger partial charge in [0.05, 0.1) is 28.8 Å². The Labute approximate surface area is 184 Å². The van der Waals surface area contributed by atoms with Crippen LogP contribution in [0.1, 0.15) is 51.7 Å². The van der Waals surface area contributed by atoms with Crippen LogP contribution >= 0.6 is 0 Å². The van der Waals surface area contributed by atoms with Gasteiger partial charge in [-0.05, 0) is 59.7 Å². The zero-order chi connectivity index (χ0) is 22.7. The lowest BCUT2D eigenvalue weighted by Crippen LogP contribution is -2.41. The summed E-state index contributed by atoms with van der Waals surface area (Å²) in [4.78, 5) is 25.3. The molecule has 2 aromatic carbocycles. The van der Waals surface area contributed by atoms with E-state index >= 15 is 0 Å². The third-order valence-corrected chi connectivity index (χ3v) is 4.91. The van der Waals surface area contributed by atoms with E-state index in [0.29, 0.717) is 16.8 Å². The minimum absolute atomic E-state index is 0.0362. The van der Waals surface area contributed by atoms with E-state index in [9.17, 15) is 9.59 Å².